The number of aryl methyl sites for hydroxylation is 2. The molecule has 9 nitrogen and oxygen atoms in total. The second-order valence-electron chi connectivity index (χ2n) is 8.30. The number of fused-ring (bicyclic) bond motifs is 2. The van der Waals surface area contributed by atoms with Gasteiger partial charge in [-0.2, -0.15) is 0 Å². The summed E-state index contributed by atoms with van der Waals surface area (Å²) < 4.78 is 47.4. The second-order valence-corrected chi connectivity index (χ2v) is 12.7. The monoisotopic (exact) mass is 581 g/mol. The zero-order chi connectivity index (χ0) is 28.0. The number of nitrogens with zero attached hydrogens (tertiary/aromatic N) is 5. The first-order valence-electron chi connectivity index (χ1n) is 11.6. The van der Waals surface area contributed by atoms with Gasteiger partial charge in [0.05, 0.1) is 21.2 Å². The van der Waals surface area contributed by atoms with Gasteiger partial charge in [-0.05, 0) is 44.2 Å². The Morgan fingerprint density at radius 1 is 0.744 bits per heavy atom. The minimum Gasteiger partial charge on any atom is -0.241 e. The summed E-state index contributed by atoms with van der Waals surface area (Å²) in [5.74, 6) is 0. The van der Waals surface area contributed by atoms with E-state index in [0.717, 1.165) is 28.9 Å². The van der Waals surface area contributed by atoms with Gasteiger partial charge < -0.3 is 0 Å². The Labute approximate surface area is 231 Å². The van der Waals surface area contributed by atoms with Gasteiger partial charge in [-0.3, -0.25) is 0 Å². The maximum atomic E-state index is 12.5. The molecule has 2 aromatic carbocycles. The SMILES string of the molecule is Cc1ncnc2c1C=CC2.Cc1ncnc2c1ccn2S(=O)(=O)c1ccccc1.O=S(=O)(Cl)c1ccccc1. The Kier molecular flexibility index (Phi) is 8.54. The molecule has 0 unspecified atom stereocenters. The van der Waals surface area contributed by atoms with Crippen LogP contribution >= 0.6 is 10.7 Å². The van der Waals surface area contributed by atoms with Crippen LogP contribution in [0.15, 0.2) is 101 Å². The number of aromatic nitrogens is 5. The topological polar surface area (TPSA) is 125 Å². The van der Waals surface area contributed by atoms with E-state index in [-0.39, 0.29) is 9.79 Å². The van der Waals surface area contributed by atoms with E-state index in [1.54, 1.807) is 60.9 Å². The highest BCUT2D eigenvalue weighted by Gasteiger charge is 2.19. The fourth-order valence-corrected chi connectivity index (χ4v) is 5.85. The third-order valence-electron chi connectivity index (χ3n) is 5.73. The van der Waals surface area contributed by atoms with E-state index >= 15 is 0 Å². The first-order valence-corrected chi connectivity index (χ1v) is 15.4. The molecule has 3 aromatic heterocycles. The van der Waals surface area contributed by atoms with Crippen LogP contribution < -0.4 is 0 Å². The molecule has 0 amide bonds. The average molecular weight is 582 g/mol. The first-order chi connectivity index (χ1) is 18.6. The number of hydrogen-bond acceptors (Lipinski definition) is 8. The summed E-state index contributed by atoms with van der Waals surface area (Å²) in [4.78, 5) is 16.7. The van der Waals surface area contributed by atoms with Crippen molar-refractivity contribution < 1.29 is 16.8 Å². The molecule has 3 heterocycles. The van der Waals surface area contributed by atoms with Crippen LogP contribution in [0.3, 0.4) is 0 Å². The molecule has 6 rings (SSSR count). The largest absolute Gasteiger partial charge is 0.269 e. The van der Waals surface area contributed by atoms with Gasteiger partial charge in [0.1, 0.15) is 12.7 Å². The van der Waals surface area contributed by atoms with Crippen molar-refractivity contribution in [2.24, 2.45) is 0 Å². The Morgan fingerprint density at radius 2 is 1.33 bits per heavy atom. The summed E-state index contributed by atoms with van der Waals surface area (Å²) in [6.45, 7) is 3.83. The second kappa shape index (κ2) is 11.9. The van der Waals surface area contributed by atoms with Crippen molar-refractivity contribution in [3.63, 3.8) is 0 Å². The molecule has 0 fully saturated rings. The van der Waals surface area contributed by atoms with Crippen LogP contribution in [-0.2, 0) is 25.5 Å². The quantitative estimate of drug-likeness (QED) is 0.274. The Balaban J connectivity index is 0.000000149. The zero-order valence-electron chi connectivity index (χ0n) is 21.0. The molecule has 5 aromatic rings. The van der Waals surface area contributed by atoms with Gasteiger partial charge >= 0.3 is 0 Å². The van der Waals surface area contributed by atoms with E-state index in [2.05, 4.69) is 32.1 Å². The summed E-state index contributed by atoms with van der Waals surface area (Å²) >= 11 is 0. The molecule has 1 aliphatic carbocycles. The lowest BCUT2D eigenvalue weighted by Crippen LogP contribution is -2.12. The van der Waals surface area contributed by atoms with Gasteiger partial charge in [0, 0.05) is 39.9 Å². The van der Waals surface area contributed by atoms with Crippen LogP contribution in [0.25, 0.3) is 17.1 Å². The summed E-state index contributed by atoms with van der Waals surface area (Å²) in [6, 6.07) is 17.9. The molecule has 0 aliphatic heterocycles. The van der Waals surface area contributed by atoms with Gasteiger partial charge in [0.25, 0.3) is 19.1 Å². The Hall–Kier alpha value is -3.93. The smallest absolute Gasteiger partial charge is 0.241 e. The van der Waals surface area contributed by atoms with Gasteiger partial charge in [-0.15, -0.1) is 0 Å². The normalized spacial score (nSPS) is 12.2. The summed E-state index contributed by atoms with van der Waals surface area (Å²) in [5.41, 5.74) is 4.61. The van der Waals surface area contributed by atoms with E-state index in [1.165, 1.54) is 34.2 Å². The number of hydrogen-bond donors (Lipinski definition) is 0. The highest BCUT2D eigenvalue weighted by atomic mass is 35.7. The number of allylic oxidation sites excluding steroid dienone is 1. The molecule has 0 atom stereocenters. The van der Waals surface area contributed by atoms with Crippen LogP contribution in [0.4, 0.5) is 0 Å². The molecule has 0 saturated heterocycles. The lowest BCUT2D eigenvalue weighted by molar-refractivity contribution is 0.588. The molecular weight excluding hydrogens is 558 g/mol. The molecule has 0 N–H and O–H groups in total. The van der Waals surface area contributed by atoms with Crippen LogP contribution in [0.1, 0.15) is 22.6 Å². The molecular formula is C27H24ClN5O4S2. The van der Waals surface area contributed by atoms with Crippen LogP contribution in [-0.4, -0.2) is 40.7 Å². The lowest BCUT2D eigenvalue weighted by atomic mass is 10.2. The number of benzene rings is 2. The summed E-state index contributed by atoms with van der Waals surface area (Å²) in [6.07, 6.45) is 9.68. The van der Waals surface area contributed by atoms with Gasteiger partial charge in [-0.1, -0.05) is 48.6 Å². The molecule has 1 aliphatic rings. The van der Waals surface area contributed by atoms with E-state index < -0.39 is 19.1 Å². The maximum absolute atomic E-state index is 12.5. The summed E-state index contributed by atoms with van der Waals surface area (Å²) in [7, 11) is -2.11. The van der Waals surface area contributed by atoms with Crippen molar-refractivity contribution in [1.29, 1.82) is 0 Å². The van der Waals surface area contributed by atoms with E-state index in [0.29, 0.717) is 5.65 Å². The van der Waals surface area contributed by atoms with E-state index in [9.17, 15) is 16.8 Å². The zero-order valence-corrected chi connectivity index (χ0v) is 23.4. The third-order valence-corrected chi connectivity index (χ3v) is 8.78. The minimum atomic E-state index is -3.61. The number of rotatable bonds is 3. The van der Waals surface area contributed by atoms with Crippen molar-refractivity contribution in [3.05, 3.63) is 114 Å². The fourth-order valence-electron chi connectivity index (χ4n) is 3.74. The Morgan fingerprint density at radius 3 is 1.92 bits per heavy atom. The minimum absolute atomic E-state index is 0.136. The molecule has 12 heteroatoms. The Bertz CT molecular complexity index is 1840. The fraction of sp³-hybridized carbons (Fsp3) is 0.111. The molecule has 39 heavy (non-hydrogen) atoms. The van der Waals surface area contributed by atoms with Crippen molar-refractivity contribution >= 4 is 46.9 Å². The average Bonchev–Trinajstić information content (AvgIpc) is 3.59. The van der Waals surface area contributed by atoms with Crippen LogP contribution in [0, 0.1) is 13.8 Å². The van der Waals surface area contributed by atoms with Crippen LogP contribution in [0.5, 0.6) is 0 Å². The van der Waals surface area contributed by atoms with Crippen molar-refractivity contribution in [2.45, 2.75) is 30.1 Å². The van der Waals surface area contributed by atoms with Crippen LogP contribution in [0.2, 0.25) is 0 Å². The highest BCUT2D eigenvalue weighted by molar-refractivity contribution is 8.13. The first kappa shape index (κ1) is 28.1. The predicted octanol–water partition coefficient (Wildman–Crippen LogP) is 4.95. The molecule has 0 spiro atoms. The van der Waals surface area contributed by atoms with E-state index in [4.69, 9.17) is 10.7 Å². The third kappa shape index (κ3) is 6.56. The predicted molar refractivity (Wildman–Crippen MR) is 150 cm³/mol. The molecule has 0 saturated carbocycles. The van der Waals surface area contributed by atoms with Crippen molar-refractivity contribution in [3.8, 4) is 0 Å². The van der Waals surface area contributed by atoms with Crippen molar-refractivity contribution in [1.82, 2.24) is 23.9 Å². The van der Waals surface area contributed by atoms with E-state index in [1.807, 2.05) is 13.8 Å². The van der Waals surface area contributed by atoms with Gasteiger partial charge in [0.2, 0.25) is 0 Å². The van der Waals surface area contributed by atoms with Gasteiger partial charge in [-0.25, -0.2) is 40.7 Å². The van der Waals surface area contributed by atoms with Gasteiger partial charge in [0.15, 0.2) is 5.65 Å². The maximum Gasteiger partial charge on any atom is 0.269 e. The standard InChI is InChI=1S/C13H11N3O2S.C8H8N2.C6H5ClO2S/c1-10-12-7-8-16(13(12)15-9-14-10)19(17,18)11-5-3-2-4-6-11;1-6-7-3-2-4-8(7)10-5-9-6;7-10(8,9)6-4-2-1-3-5-6/h2-9H,1H3;2-3,5H,4H2,1H3;1-5H. The molecule has 200 valence electrons. The molecule has 0 bridgehead atoms. The van der Waals surface area contributed by atoms with Crippen molar-refractivity contribution in [2.75, 3.05) is 0 Å². The summed E-state index contributed by atoms with van der Waals surface area (Å²) in [5, 5.41) is 0.738. The highest BCUT2D eigenvalue weighted by Crippen LogP contribution is 2.21. The lowest BCUT2D eigenvalue weighted by Gasteiger charge is -2.06. The number of halogens is 1. The molecule has 0 radical (unpaired) electrons.